The number of aryl methyl sites for hydroxylation is 1. The molecule has 0 atom stereocenters. The number of halogens is 6. The van der Waals surface area contributed by atoms with Gasteiger partial charge in [-0.1, -0.05) is 49.7 Å². The van der Waals surface area contributed by atoms with E-state index in [1.807, 2.05) is 24.3 Å². The molecular formula is C26H18F6O. The molecule has 170 valence electrons. The van der Waals surface area contributed by atoms with Crippen LogP contribution in [0.15, 0.2) is 66.7 Å². The van der Waals surface area contributed by atoms with E-state index < -0.39 is 35.1 Å². The van der Waals surface area contributed by atoms with Crippen molar-refractivity contribution in [1.82, 2.24) is 0 Å². The number of hydrogen-bond acceptors (Lipinski definition) is 1. The van der Waals surface area contributed by atoms with Gasteiger partial charge in [-0.2, -0.15) is 0 Å². The predicted molar refractivity (Wildman–Crippen MR) is 115 cm³/mol. The summed E-state index contributed by atoms with van der Waals surface area (Å²) >= 11 is 0. The molecule has 7 heteroatoms. The third kappa shape index (κ3) is 4.97. The molecule has 0 aromatic heterocycles. The van der Waals surface area contributed by atoms with Crippen LogP contribution in [0, 0.1) is 17.5 Å². The first-order valence-corrected chi connectivity index (χ1v) is 10.2. The third-order valence-corrected chi connectivity index (χ3v) is 5.27. The van der Waals surface area contributed by atoms with Gasteiger partial charge < -0.3 is 4.74 Å². The minimum atomic E-state index is -5.09. The summed E-state index contributed by atoms with van der Waals surface area (Å²) in [5.74, 6) is -4.40. The fourth-order valence-corrected chi connectivity index (χ4v) is 3.80. The topological polar surface area (TPSA) is 9.23 Å². The Balaban J connectivity index is 1.69. The number of fused-ring (bicyclic) bond motifs is 1. The molecule has 4 aromatic rings. The van der Waals surface area contributed by atoms with Crippen LogP contribution in [-0.4, -0.2) is 6.36 Å². The van der Waals surface area contributed by atoms with Gasteiger partial charge in [0.15, 0.2) is 11.6 Å². The molecule has 0 spiro atoms. The van der Waals surface area contributed by atoms with Gasteiger partial charge in [-0.3, -0.25) is 0 Å². The Hall–Kier alpha value is -3.48. The maximum absolute atomic E-state index is 14.9. The zero-order valence-corrected chi connectivity index (χ0v) is 17.4. The maximum atomic E-state index is 14.9. The molecule has 0 heterocycles. The molecule has 0 saturated heterocycles. The molecule has 0 N–H and O–H groups in total. The first-order chi connectivity index (χ1) is 15.6. The zero-order valence-electron chi connectivity index (χ0n) is 17.4. The van der Waals surface area contributed by atoms with Crippen molar-refractivity contribution in [2.75, 3.05) is 0 Å². The van der Waals surface area contributed by atoms with Crippen molar-refractivity contribution >= 4 is 10.8 Å². The molecule has 1 nitrogen and oxygen atoms in total. The smallest absolute Gasteiger partial charge is 0.403 e. The minimum Gasteiger partial charge on any atom is -0.403 e. The fraction of sp³-hybridized carbons (Fsp3) is 0.154. The van der Waals surface area contributed by atoms with Crippen LogP contribution < -0.4 is 4.74 Å². The first-order valence-electron chi connectivity index (χ1n) is 10.2. The van der Waals surface area contributed by atoms with E-state index >= 15 is 0 Å². The van der Waals surface area contributed by atoms with Crippen LogP contribution in [0.3, 0.4) is 0 Å². The Morgan fingerprint density at radius 2 is 1.27 bits per heavy atom. The molecule has 0 aliphatic heterocycles. The van der Waals surface area contributed by atoms with E-state index in [0.29, 0.717) is 17.7 Å². The lowest BCUT2D eigenvalue weighted by molar-refractivity contribution is -0.275. The Labute approximate surface area is 186 Å². The molecule has 0 aliphatic rings. The van der Waals surface area contributed by atoms with Gasteiger partial charge in [0.1, 0.15) is 11.6 Å². The Kier molecular flexibility index (Phi) is 6.06. The van der Waals surface area contributed by atoms with E-state index in [0.717, 1.165) is 41.8 Å². The van der Waals surface area contributed by atoms with Crippen LogP contribution in [0.25, 0.3) is 33.0 Å². The van der Waals surface area contributed by atoms with Gasteiger partial charge in [-0.15, -0.1) is 13.2 Å². The zero-order chi connectivity index (χ0) is 23.8. The highest BCUT2D eigenvalue weighted by Gasteiger charge is 2.32. The van der Waals surface area contributed by atoms with Crippen LogP contribution in [0.5, 0.6) is 5.75 Å². The average molecular weight is 460 g/mol. The number of alkyl halides is 3. The monoisotopic (exact) mass is 460 g/mol. The minimum absolute atomic E-state index is 0.245. The van der Waals surface area contributed by atoms with Crippen molar-refractivity contribution in [3.63, 3.8) is 0 Å². The predicted octanol–water partition coefficient (Wildman–Crippen LogP) is 8.44. The van der Waals surface area contributed by atoms with Crippen LogP contribution in [-0.2, 0) is 6.42 Å². The van der Waals surface area contributed by atoms with Crippen LogP contribution >= 0.6 is 0 Å². The summed E-state index contributed by atoms with van der Waals surface area (Å²) < 4.78 is 84.3. The lowest BCUT2D eigenvalue weighted by Gasteiger charge is -2.12. The fourth-order valence-electron chi connectivity index (χ4n) is 3.80. The molecule has 0 saturated carbocycles. The molecule has 4 aromatic carbocycles. The van der Waals surface area contributed by atoms with Gasteiger partial charge >= 0.3 is 6.36 Å². The summed E-state index contributed by atoms with van der Waals surface area (Å²) in [6.45, 7) is 2.10. The van der Waals surface area contributed by atoms with Crippen molar-refractivity contribution < 1.29 is 31.1 Å². The van der Waals surface area contributed by atoms with E-state index in [-0.39, 0.29) is 11.1 Å². The number of ether oxygens (including phenoxy) is 1. The Morgan fingerprint density at radius 3 is 1.91 bits per heavy atom. The second-order valence-corrected chi connectivity index (χ2v) is 7.65. The van der Waals surface area contributed by atoms with Crippen molar-refractivity contribution in [3.05, 3.63) is 89.7 Å². The maximum Gasteiger partial charge on any atom is 0.573 e. The number of rotatable bonds is 5. The van der Waals surface area contributed by atoms with Crippen molar-refractivity contribution in [2.24, 2.45) is 0 Å². The molecule has 0 fully saturated rings. The van der Waals surface area contributed by atoms with Crippen molar-refractivity contribution in [2.45, 2.75) is 26.1 Å². The van der Waals surface area contributed by atoms with E-state index in [1.54, 1.807) is 6.07 Å². The molecule has 33 heavy (non-hydrogen) atoms. The Morgan fingerprint density at radius 1 is 0.667 bits per heavy atom. The van der Waals surface area contributed by atoms with Gasteiger partial charge in [0.2, 0.25) is 0 Å². The van der Waals surface area contributed by atoms with Gasteiger partial charge in [0.05, 0.1) is 5.56 Å². The lowest BCUT2D eigenvalue weighted by atomic mass is 9.96. The number of benzene rings is 4. The van der Waals surface area contributed by atoms with Gasteiger partial charge in [0.25, 0.3) is 0 Å². The van der Waals surface area contributed by atoms with E-state index in [9.17, 15) is 26.3 Å². The lowest BCUT2D eigenvalue weighted by Crippen LogP contribution is -2.17. The standard InChI is InChI=1S/C26H18F6O/c1-2-3-15-4-5-17-11-18(7-6-16(17)10-15)20-13-22(28)25(23(29)14-20)19-8-9-24(21(27)12-19)33-26(30,31)32/h4-14H,2-3H2,1H3. The second-order valence-electron chi connectivity index (χ2n) is 7.65. The van der Waals surface area contributed by atoms with Crippen LogP contribution in [0.4, 0.5) is 26.3 Å². The molecule has 4 rings (SSSR count). The SMILES string of the molecule is CCCc1ccc2cc(-c3cc(F)c(-c4ccc(OC(F)(F)F)c(F)c4)c(F)c3)ccc2c1. The quantitative estimate of drug-likeness (QED) is 0.272. The summed E-state index contributed by atoms with van der Waals surface area (Å²) in [5.41, 5.74) is 1.30. The van der Waals surface area contributed by atoms with Crippen molar-refractivity contribution in [3.8, 4) is 28.0 Å². The highest BCUT2D eigenvalue weighted by atomic mass is 19.4. The normalized spacial score (nSPS) is 11.7. The van der Waals surface area contributed by atoms with Crippen LogP contribution in [0.2, 0.25) is 0 Å². The second kappa shape index (κ2) is 8.81. The van der Waals surface area contributed by atoms with Gasteiger partial charge in [0, 0.05) is 0 Å². The summed E-state index contributed by atoms with van der Waals surface area (Å²) in [6.07, 6.45) is -3.10. The van der Waals surface area contributed by atoms with Gasteiger partial charge in [-0.25, -0.2) is 13.2 Å². The first kappa shape index (κ1) is 22.7. The summed E-state index contributed by atoms with van der Waals surface area (Å²) in [6, 6.07) is 16.0. The summed E-state index contributed by atoms with van der Waals surface area (Å²) in [5, 5.41) is 1.93. The highest BCUT2D eigenvalue weighted by Crippen LogP contribution is 2.35. The Bertz CT molecular complexity index is 1300. The molecule has 0 bridgehead atoms. The molecule has 0 aliphatic carbocycles. The van der Waals surface area contributed by atoms with E-state index in [1.165, 1.54) is 5.56 Å². The highest BCUT2D eigenvalue weighted by molar-refractivity contribution is 5.88. The van der Waals surface area contributed by atoms with Crippen molar-refractivity contribution in [1.29, 1.82) is 0 Å². The van der Waals surface area contributed by atoms with E-state index in [2.05, 4.69) is 17.7 Å². The van der Waals surface area contributed by atoms with Gasteiger partial charge in [-0.05, 0) is 69.8 Å². The number of hydrogen-bond donors (Lipinski definition) is 0. The molecule has 0 radical (unpaired) electrons. The third-order valence-electron chi connectivity index (χ3n) is 5.27. The average Bonchev–Trinajstić information content (AvgIpc) is 2.74. The summed E-state index contributed by atoms with van der Waals surface area (Å²) in [7, 11) is 0. The molecule has 0 amide bonds. The summed E-state index contributed by atoms with van der Waals surface area (Å²) in [4.78, 5) is 0. The molecular weight excluding hydrogens is 442 g/mol. The largest absolute Gasteiger partial charge is 0.573 e. The molecule has 0 unspecified atom stereocenters. The van der Waals surface area contributed by atoms with Crippen LogP contribution in [0.1, 0.15) is 18.9 Å². The van der Waals surface area contributed by atoms with E-state index in [4.69, 9.17) is 0 Å².